The zero-order valence-corrected chi connectivity index (χ0v) is 14.0. The van der Waals surface area contributed by atoms with Crippen LogP contribution in [0.3, 0.4) is 0 Å². The predicted molar refractivity (Wildman–Crippen MR) is 91.0 cm³/mol. The number of fused-ring (bicyclic) bond motifs is 1. The Kier molecular flexibility index (Phi) is 4.13. The monoisotopic (exact) mass is 331 g/mol. The molecule has 3 rings (SSSR count). The van der Waals surface area contributed by atoms with Crippen molar-refractivity contribution in [2.24, 2.45) is 5.92 Å². The number of nitrogens with zero attached hydrogens (tertiary/aromatic N) is 2. The van der Waals surface area contributed by atoms with Crippen LogP contribution in [0.5, 0.6) is 0 Å². The van der Waals surface area contributed by atoms with Gasteiger partial charge in [-0.1, -0.05) is 37.6 Å². The van der Waals surface area contributed by atoms with Crippen LogP contribution in [0, 0.1) is 12.8 Å². The van der Waals surface area contributed by atoms with Gasteiger partial charge in [-0.3, -0.25) is 4.79 Å². The lowest BCUT2D eigenvalue weighted by molar-refractivity contribution is 0.0996. The van der Waals surface area contributed by atoms with Crippen molar-refractivity contribution in [1.29, 1.82) is 0 Å². The third kappa shape index (κ3) is 2.97. The molecule has 6 heteroatoms. The van der Waals surface area contributed by atoms with Crippen molar-refractivity contribution in [2.45, 2.75) is 27.3 Å². The lowest BCUT2D eigenvalue weighted by Crippen LogP contribution is -2.17. The first kappa shape index (κ1) is 15.6. The van der Waals surface area contributed by atoms with Crippen LogP contribution in [-0.4, -0.2) is 15.7 Å². The van der Waals surface area contributed by atoms with Gasteiger partial charge in [0.1, 0.15) is 5.82 Å². The fourth-order valence-electron chi connectivity index (χ4n) is 2.53. The van der Waals surface area contributed by atoms with Crippen LogP contribution in [-0.2, 0) is 6.54 Å². The molecule has 1 amide bonds. The van der Waals surface area contributed by atoms with Crippen LogP contribution in [0.25, 0.3) is 11.0 Å². The number of furan rings is 1. The van der Waals surface area contributed by atoms with Crippen LogP contribution >= 0.6 is 11.6 Å². The lowest BCUT2D eigenvalue weighted by Gasteiger charge is -2.10. The SMILES string of the molecule is Cc1c(C(=O)Nc2ccnn2CC(C)C)oc2c(Cl)cccc12. The van der Waals surface area contributed by atoms with Gasteiger partial charge in [0, 0.05) is 23.6 Å². The standard InChI is InChI=1S/C17H18ClN3O2/c1-10(2)9-21-14(7-8-19-21)20-17(22)15-11(3)12-5-4-6-13(18)16(12)23-15/h4-8,10H,9H2,1-3H3,(H,20,22). The number of hydrogen-bond donors (Lipinski definition) is 1. The summed E-state index contributed by atoms with van der Waals surface area (Å²) in [5.74, 6) is 1.04. The number of aromatic nitrogens is 2. The molecule has 0 aliphatic rings. The molecule has 23 heavy (non-hydrogen) atoms. The molecule has 2 heterocycles. The molecule has 0 atom stereocenters. The van der Waals surface area contributed by atoms with Gasteiger partial charge in [0.2, 0.25) is 0 Å². The Labute approximate surface area is 139 Å². The number of para-hydroxylation sites is 1. The maximum Gasteiger partial charge on any atom is 0.292 e. The van der Waals surface area contributed by atoms with Gasteiger partial charge in [-0.15, -0.1) is 0 Å². The van der Waals surface area contributed by atoms with Crippen LogP contribution < -0.4 is 5.32 Å². The van der Waals surface area contributed by atoms with Crippen LogP contribution in [0.4, 0.5) is 5.82 Å². The highest BCUT2D eigenvalue weighted by Gasteiger charge is 2.20. The van der Waals surface area contributed by atoms with E-state index in [2.05, 4.69) is 24.3 Å². The second kappa shape index (κ2) is 6.08. The second-order valence-corrected chi connectivity index (χ2v) is 6.33. The maximum absolute atomic E-state index is 12.6. The molecule has 1 aromatic carbocycles. The Morgan fingerprint density at radius 1 is 1.39 bits per heavy atom. The summed E-state index contributed by atoms with van der Waals surface area (Å²) in [6, 6.07) is 7.24. The first-order chi connectivity index (χ1) is 11.0. The fourth-order valence-corrected chi connectivity index (χ4v) is 2.74. The van der Waals surface area contributed by atoms with Crippen molar-refractivity contribution in [3.05, 3.63) is 46.8 Å². The van der Waals surface area contributed by atoms with Crippen molar-refractivity contribution in [3.8, 4) is 0 Å². The summed E-state index contributed by atoms with van der Waals surface area (Å²) in [4.78, 5) is 12.6. The van der Waals surface area contributed by atoms with Gasteiger partial charge in [-0.05, 0) is 18.9 Å². The van der Waals surface area contributed by atoms with E-state index in [0.717, 1.165) is 17.5 Å². The summed E-state index contributed by atoms with van der Waals surface area (Å²) < 4.78 is 7.46. The number of carbonyl (C=O) groups excluding carboxylic acids is 1. The van der Waals surface area contributed by atoms with E-state index in [1.165, 1.54) is 0 Å². The Morgan fingerprint density at radius 3 is 2.87 bits per heavy atom. The summed E-state index contributed by atoms with van der Waals surface area (Å²) in [5.41, 5.74) is 1.31. The van der Waals surface area contributed by atoms with Gasteiger partial charge >= 0.3 is 0 Å². The third-order valence-electron chi connectivity index (χ3n) is 3.62. The smallest absolute Gasteiger partial charge is 0.292 e. The molecule has 5 nitrogen and oxygen atoms in total. The molecular formula is C17H18ClN3O2. The molecule has 1 N–H and O–H groups in total. The summed E-state index contributed by atoms with van der Waals surface area (Å²) in [7, 11) is 0. The van der Waals surface area contributed by atoms with Gasteiger partial charge in [0.05, 0.1) is 11.2 Å². The molecule has 0 fully saturated rings. The zero-order valence-electron chi connectivity index (χ0n) is 13.3. The van der Waals surface area contributed by atoms with E-state index in [4.69, 9.17) is 16.0 Å². The van der Waals surface area contributed by atoms with Gasteiger partial charge in [-0.25, -0.2) is 4.68 Å². The van der Waals surface area contributed by atoms with E-state index < -0.39 is 0 Å². The molecule has 0 spiro atoms. The van der Waals surface area contributed by atoms with E-state index in [1.54, 1.807) is 23.0 Å². The largest absolute Gasteiger partial charge is 0.449 e. The number of amides is 1. The lowest BCUT2D eigenvalue weighted by atomic mass is 10.1. The highest BCUT2D eigenvalue weighted by molar-refractivity contribution is 6.35. The first-order valence-electron chi connectivity index (χ1n) is 7.48. The number of halogens is 1. The highest BCUT2D eigenvalue weighted by Crippen LogP contribution is 2.31. The number of hydrogen-bond acceptors (Lipinski definition) is 3. The third-order valence-corrected chi connectivity index (χ3v) is 3.92. The van der Waals surface area contributed by atoms with E-state index in [-0.39, 0.29) is 11.7 Å². The highest BCUT2D eigenvalue weighted by atomic mass is 35.5. The Balaban J connectivity index is 1.91. The average Bonchev–Trinajstić information content (AvgIpc) is 3.05. The van der Waals surface area contributed by atoms with Crippen LogP contribution in [0.1, 0.15) is 30.0 Å². The quantitative estimate of drug-likeness (QED) is 0.765. The van der Waals surface area contributed by atoms with E-state index in [1.807, 2.05) is 19.1 Å². The first-order valence-corrected chi connectivity index (χ1v) is 7.86. The molecule has 3 aromatic rings. The minimum atomic E-state index is -0.305. The van der Waals surface area contributed by atoms with Crippen LogP contribution in [0.15, 0.2) is 34.9 Å². The van der Waals surface area contributed by atoms with E-state index in [0.29, 0.717) is 22.3 Å². The number of aryl methyl sites for hydroxylation is 1. The molecule has 0 aliphatic heterocycles. The summed E-state index contributed by atoms with van der Waals surface area (Å²) in [6.45, 7) is 6.77. The fraction of sp³-hybridized carbons (Fsp3) is 0.294. The second-order valence-electron chi connectivity index (χ2n) is 5.92. The average molecular weight is 332 g/mol. The topological polar surface area (TPSA) is 60.1 Å². The molecular weight excluding hydrogens is 314 g/mol. The summed E-state index contributed by atoms with van der Waals surface area (Å²) >= 11 is 6.13. The minimum absolute atomic E-state index is 0.269. The Hall–Kier alpha value is -2.27. The molecule has 120 valence electrons. The number of carbonyl (C=O) groups is 1. The number of anilines is 1. The molecule has 0 aliphatic carbocycles. The van der Waals surface area contributed by atoms with Gasteiger partial charge in [0.15, 0.2) is 11.3 Å². The number of rotatable bonds is 4. The number of benzene rings is 1. The van der Waals surface area contributed by atoms with Crippen molar-refractivity contribution in [3.63, 3.8) is 0 Å². The summed E-state index contributed by atoms with van der Waals surface area (Å²) in [5, 5.41) is 8.43. The maximum atomic E-state index is 12.6. The van der Waals surface area contributed by atoms with Crippen molar-refractivity contribution >= 4 is 34.3 Å². The minimum Gasteiger partial charge on any atom is -0.449 e. The molecule has 0 bridgehead atoms. The van der Waals surface area contributed by atoms with E-state index in [9.17, 15) is 4.79 Å². The van der Waals surface area contributed by atoms with Gasteiger partial charge < -0.3 is 9.73 Å². The molecule has 2 aromatic heterocycles. The van der Waals surface area contributed by atoms with Crippen molar-refractivity contribution in [2.75, 3.05) is 5.32 Å². The molecule has 0 radical (unpaired) electrons. The normalized spacial score (nSPS) is 11.3. The predicted octanol–water partition coefficient (Wildman–Crippen LogP) is 4.50. The number of nitrogens with one attached hydrogen (secondary N) is 1. The summed E-state index contributed by atoms with van der Waals surface area (Å²) in [6.07, 6.45) is 1.67. The van der Waals surface area contributed by atoms with Crippen molar-refractivity contribution < 1.29 is 9.21 Å². The van der Waals surface area contributed by atoms with Crippen molar-refractivity contribution in [1.82, 2.24) is 9.78 Å². The Morgan fingerprint density at radius 2 is 2.17 bits per heavy atom. The van der Waals surface area contributed by atoms with Gasteiger partial charge in [-0.2, -0.15) is 5.10 Å². The molecule has 0 unspecified atom stereocenters. The van der Waals surface area contributed by atoms with E-state index >= 15 is 0 Å². The van der Waals surface area contributed by atoms with Crippen LogP contribution in [0.2, 0.25) is 5.02 Å². The Bertz CT molecular complexity index is 864. The zero-order chi connectivity index (χ0) is 16.6. The molecule has 0 saturated heterocycles. The molecule has 0 saturated carbocycles. The van der Waals surface area contributed by atoms with Gasteiger partial charge in [0.25, 0.3) is 5.91 Å².